The van der Waals surface area contributed by atoms with Crippen molar-refractivity contribution in [1.82, 2.24) is 14.9 Å². The summed E-state index contributed by atoms with van der Waals surface area (Å²) in [5.41, 5.74) is 9.44. The van der Waals surface area contributed by atoms with Gasteiger partial charge in [-0.1, -0.05) is 19.9 Å². The summed E-state index contributed by atoms with van der Waals surface area (Å²) in [5.74, 6) is 0. The lowest BCUT2D eigenvalue weighted by Gasteiger charge is -2.29. The van der Waals surface area contributed by atoms with E-state index in [2.05, 4.69) is 54.0 Å². The van der Waals surface area contributed by atoms with E-state index >= 15 is 0 Å². The molecule has 4 nitrogen and oxygen atoms in total. The van der Waals surface area contributed by atoms with Crippen LogP contribution in [0.3, 0.4) is 0 Å². The minimum Gasteiger partial charge on any atom is -0.345 e. The average Bonchev–Trinajstić information content (AvgIpc) is 2.83. The van der Waals surface area contributed by atoms with E-state index in [0.29, 0.717) is 0 Å². The molecule has 2 aromatic rings. The number of H-pyrrole nitrogens is 1. The number of hydrogen-bond acceptors (Lipinski definition) is 3. The highest BCUT2D eigenvalue weighted by Gasteiger charge is 2.17. The van der Waals surface area contributed by atoms with Crippen LogP contribution in [0.4, 0.5) is 0 Å². The summed E-state index contributed by atoms with van der Waals surface area (Å²) in [7, 11) is 2.16. The first-order chi connectivity index (χ1) is 9.00. The number of aromatic nitrogens is 2. The normalized spacial score (nSPS) is 12.5. The van der Waals surface area contributed by atoms with Gasteiger partial charge in [-0.3, -0.25) is 0 Å². The van der Waals surface area contributed by atoms with Crippen molar-refractivity contribution < 1.29 is 0 Å². The maximum atomic E-state index is 5.77. The van der Waals surface area contributed by atoms with Gasteiger partial charge in [0.1, 0.15) is 0 Å². The van der Waals surface area contributed by atoms with Gasteiger partial charge in [0.05, 0.1) is 17.4 Å². The molecule has 0 unspecified atom stereocenters. The van der Waals surface area contributed by atoms with Gasteiger partial charge in [-0.05, 0) is 43.1 Å². The lowest BCUT2D eigenvalue weighted by atomic mass is 9.93. The summed E-state index contributed by atoms with van der Waals surface area (Å²) in [6.45, 7) is 7.20. The zero-order valence-electron chi connectivity index (χ0n) is 12.1. The molecule has 4 heteroatoms. The smallest absolute Gasteiger partial charge is 0.0931 e. The molecule has 104 valence electrons. The Labute approximate surface area is 115 Å². The Bertz CT molecular complexity index is 530. The minimum absolute atomic E-state index is 0.183. The van der Waals surface area contributed by atoms with Gasteiger partial charge < -0.3 is 15.6 Å². The number of rotatable bonds is 6. The molecular formula is C15H24N4. The van der Waals surface area contributed by atoms with Crippen molar-refractivity contribution in [3.63, 3.8) is 0 Å². The molecule has 1 aromatic carbocycles. The molecule has 0 aliphatic heterocycles. The number of nitrogens with zero attached hydrogens (tertiary/aromatic N) is 2. The first kappa shape index (κ1) is 14.0. The van der Waals surface area contributed by atoms with E-state index in [-0.39, 0.29) is 5.41 Å². The summed E-state index contributed by atoms with van der Waals surface area (Å²) in [6.07, 6.45) is 2.79. The third-order valence-corrected chi connectivity index (χ3v) is 3.52. The van der Waals surface area contributed by atoms with Crippen molar-refractivity contribution in [3.05, 3.63) is 30.1 Å². The Morgan fingerprint density at radius 1 is 1.37 bits per heavy atom. The molecule has 1 heterocycles. The second kappa shape index (κ2) is 5.72. The molecule has 0 fully saturated rings. The molecule has 0 bridgehead atoms. The number of imidazole rings is 1. The molecule has 1 aromatic heterocycles. The van der Waals surface area contributed by atoms with Gasteiger partial charge in [0.15, 0.2) is 0 Å². The van der Waals surface area contributed by atoms with Gasteiger partial charge >= 0.3 is 0 Å². The van der Waals surface area contributed by atoms with E-state index in [9.17, 15) is 0 Å². The molecular weight excluding hydrogens is 236 g/mol. The molecule has 19 heavy (non-hydrogen) atoms. The number of hydrogen-bond donors (Lipinski definition) is 2. The zero-order chi connectivity index (χ0) is 13.9. The standard InChI is InChI=1S/C15H24N4/c1-15(2,9-16)10-19(3)7-6-12-4-5-13-14(8-12)18-11-17-13/h4-5,8,11H,6-7,9-10,16H2,1-3H3,(H,17,18). The van der Waals surface area contributed by atoms with Crippen molar-refractivity contribution in [3.8, 4) is 0 Å². The van der Waals surface area contributed by atoms with Gasteiger partial charge in [-0.15, -0.1) is 0 Å². The Morgan fingerprint density at radius 3 is 2.89 bits per heavy atom. The van der Waals surface area contributed by atoms with E-state index in [0.717, 1.165) is 37.1 Å². The maximum Gasteiger partial charge on any atom is 0.0931 e. The van der Waals surface area contributed by atoms with E-state index in [1.165, 1.54) is 5.56 Å². The summed E-state index contributed by atoms with van der Waals surface area (Å²) in [4.78, 5) is 9.74. The monoisotopic (exact) mass is 260 g/mol. The molecule has 2 rings (SSSR count). The fraction of sp³-hybridized carbons (Fsp3) is 0.533. The second-order valence-corrected chi connectivity index (χ2v) is 6.11. The van der Waals surface area contributed by atoms with Crippen molar-refractivity contribution >= 4 is 11.0 Å². The van der Waals surface area contributed by atoms with Crippen LogP contribution < -0.4 is 5.73 Å². The van der Waals surface area contributed by atoms with Crippen LogP contribution in [0.15, 0.2) is 24.5 Å². The Morgan fingerprint density at radius 2 is 2.16 bits per heavy atom. The van der Waals surface area contributed by atoms with Gasteiger partial charge in [0.25, 0.3) is 0 Å². The van der Waals surface area contributed by atoms with Gasteiger partial charge in [-0.25, -0.2) is 4.98 Å². The van der Waals surface area contributed by atoms with Gasteiger partial charge in [-0.2, -0.15) is 0 Å². The molecule has 0 saturated carbocycles. The highest BCUT2D eigenvalue weighted by atomic mass is 15.1. The summed E-state index contributed by atoms with van der Waals surface area (Å²) < 4.78 is 0. The fourth-order valence-electron chi connectivity index (χ4n) is 2.33. The lowest BCUT2D eigenvalue weighted by Crippen LogP contribution is -2.37. The molecule has 0 amide bonds. The third kappa shape index (κ3) is 3.78. The second-order valence-electron chi connectivity index (χ2n) is 6.11. The molecule has 0 spiro atoms. The molecule has 0 aliphatic carbocycles. The number of benzene rings is 1. The van der Waals surface area contributed by atoms with Crippen LogP contribution in [0.5, 0.6) is 0 Å². The SMILES string of the molecule is CN(CCc1ccc2nc[nH]c2c1)CC(C)(C)CN. The molecule has 3 N–H and O–H groups in total. The van der Waals surface area contributed by atoms with Crippen LogP contribution in [0.1, 0.15) is 19.4 Å². The Hall–Kier alpha value is -1.39. The summed E-state index contributed by atoms with van der Waals surface area (Å²) in [6, 6.07) is 6.42. The zero-order valence-corrected chi connectivity index (χ0v) is 12.1. The van der Waals surface area contributed by atoms with Crippen LogP contribution in [0.25, 0.3) is 11.0 Å². The number of aromatic amines is 1. The van der Waals surface area contributed by atoms with Crippen molar-refractivity contribution in [1.29, 1.82) is 0 Å². The molecule has 0 radical (unpaired) electrons. The predicted molar refractivity (Wildman–Crippen MR) is 80.1 cm³/mol. The van der Waals surface area contributed by atoms with Crippen molar-refractivity contribution in [2.24, 2.45) is 11.1 Å². The van der Waals surface area contributed by atoms with Gasteiger partial charge in [0, 0.05) is 13.1 Å². The van der Waals surface area contributed by atoms with Crippen LogP contribution in [-0.2, 0) is 6.42 Å². The maximum absolute atomic E-state index is 5.77. The molecule has 0 aliphatic rings. The van der Waals surface area contributed by atoms with Crippen LogP contribution in [0, 0.1) is 5.41 Å². The largest absolute Gasteiger partial charge is 0.345 e. The van der Waals surface area contributed by atoms with Crippen LogP contribution in [-0.4, -0.2) is 41.5 Å². The first-order valence-electron chi connectivity index (χ1n) is 6.81. The van der Waals surface area contributed by atoms with Crippen molar-refractivity contribution in [2.45, 2.75) is 20.3 Å². The highest BCUT2D eigenvalue weighted by Crippen LogP contribution is 2.15. The van der Waals surface area contributed by atoms with Gasteiger partial charge in [0.2, 0.25) is 0 Å². The quantitative estimate of drug-likeness (QED) is 0.835. The Balaban J connectivity index is 1.91. The van der Waals surface area contributed by atoms with E-state index in [1.54, 1.807) is 6.33 Å². The summed E-state index contributed by atoms with van der Waals surface area (Å²) in [5, 5.41) is 0. The Kier molecular flexibility index (Phi) is 4.22. The van der Waals surface area contributed by atoms with E-state index < -0.39 is 0 Å². The lowest BCUT2D eigenvalue weighted by molar-refractivity contribution is 0.218. The number of fused-ring (bicyclic) bond motifs is 1. The fourth-order valence-corrected chi connectivity index (χ4v) is 2.33. The van der Waals surface area contributed by atoms with Crippen molar-refractivity contribution in [2.75, 3.05) is 26.7 Å². The highest BCUT2D eigenvalue weighted by molar-refractivity contribution is 5.75. The third-order valence-electron chi connectivity index (χ3n) is 3.52. The van der Waals surface area contributed by atoms with Crippen LogP contribution in [0.2, 0.25) is 0 Å². The van der Waals surface area contributed by atoms with E-state index in [1.807, 2.05) is 0 Å². The molecule has 0 atom stereocenters. The number of likely N-dealkylation sites (N-methyl/N-ethyl adjacent to an activating group) is 1. The number of nitrogens with two attached hydrogens (primary N) is 1. The predicted octanol–water partition coefficient (Wildman–Crippen LogP) is 2.02. The average molecular weight is 260 g/mol. The molecule has 0 saturated heterocycles. The summed E-state index contributed by atoms with van der Waals surface area (Å²) >= 11 is 0. The topological polar surface area (TPSA) is 57.9 Å². The first-order valence-corrected chi connectivity index (χ1v) is 6.81. The minimum atomic E-state index is 0.183. The van der Waals surface area contributed by atoms with E-state index in [4.69, 9.17) is 5.73 Å². The number of nitrogens with one attached hydrogen (secondary N) is 1. The van der Waals surface area contributed by atoms with Crippen LogP contribution >= 0.6 is 0 Å².